The first kappa shape index (κ1) is 21.4. The predicted molar refractivity (Wildman–Crippen MR) is 111 cm³/mol. The molecule has 2 heterocycles. The lowest BCUT2D eigenvalue weighted by Crippen LogP contribution is -2.18. The summed E-state index contributed by atoms with van der Waals surface area (Å²) < 4.78 is 53.7. The van der Waals surface area contributed by atoms with Gasteiger partial charge in [0.15, 0.2) is 5.69 Å². The molecule has 0 bridgehead atoms. The highest BCUT2D eigenvalue weighted by Crippen LogP contribution is 2.33. The van der Waals surface area contributed by atoms with Gasteiger partial charge in [0.25, 0.3) is 5.91 Å². The molecule has 11 heteroatoms. The molecule has 1 N–H and O–H groups in total. The van der Waals surface area contributed by atoms with E-state index in [9.17, 15) is 22.4 Å². The molecule has 4 rings (SSSR count). The van der Waals surface area contributed by atoms with Crippen LogP contribution in [0.2, 0.25) is 0 Å². The molecule has 1 amide bonds. The third kappa shape index (κ3) is 4.72. The van der Waals surface area contributed by atoms with Crippen molar-refractivity contribution in [2.75, 3.05) is 0 Å². The van der Waals surface area contributed by atoms with Crippen LogP contribution in [0.4, 0.5) is 17.6 Å². The van der Waals surface area contributed by atoms with E-state index in [1.54, 1.807) is 30.3 Å². The summed E-state index contributed by atoms with van der Waals surface area (Å²) in [5.74, 6) is -1.06. The van der Waals surface area contributed by atoms with Crippen LogP contribution in [0, 0.1) is 5.82 Å². The smallest absolute Gasteiger partial charge is 0.266 e. The largest absolute Gasteiger partial charge is 0.435 e. The summed E-state index contributed by atoms with van der Waals surface area (Å²) in [6, 6.07) is 14.8. The average Bonchev–Trinajstić information content (AvgIpc) is 3.43. The van der Waals surface area contributed by atoms with Crippen LogP contribution < -0.4 is 5.43 Å². The number of rotatable bonds is 5. The second-order valence-corrected chi connectivity index (χ2v) is 7.29. The average molecular weight is 459 g/mol. The number of thiazole rings is 1. The number of amides is 1. The van der Waals surface area contributed by atoms with E-state index in [0.29, 0.717) is 11.1 Å². The first-order valence-electron chi connectivity index (χ1n) is 9.09. The van der Waals surface area contributed by atoms with Gasteiger partial charge < -0.3 is 0 Å². The van der Waals surface area contributed by atoms with Crippen molar-refractivity contribution >= 4 is 23.5 Å². The summed E-state index contributed by atoms with van der Waals surface area (Å²) in [6.45, 7) is 0. The van der Waals surface area contributed by atoms with E-state index in [2.05, 4.69) is 20.6 Å². The zero-order valence-corrected chi connectivity index (χ0v) is 16.9. The number of benzene rings is 2. The van der Waals surface area contributed by atoms with Gasteiger partial charge in [-0.25, -0.2) is 19.5 Å². The lowest BCUT2D eigenvalue weighted by Gasteiger charge is -2.03. The Morgan fingerprint density at radius 1 is 1.09 bits per heavy atom. The van der Waals surface area contributed by atoms with Gasteiger partial charge in [-0.2, -0.15) is 23.4 Å². The van der Waals surface area contributed by atoms with Crippen LogP contribution in [0.25, 0.3) is 16.4 Å². The Morgan fingerprint density at radius 3 is 2.50 bits per heavy atom. The molecule has 0 aliphatic heterocycles. The van der Waals surface area contributed by atoms with Gasteiger partial charge >= 0.3 is 6.18 Å². The van der Waals surface area contributed by atoms with E-state index in [0.717, 1.165) is 22.1 Å². The monoisotopic (exact) mass is 459 g/mol. The van der Waals surface area contributed by atoms with Crippen LogP contribution in [0.3, 0.4) is 0 Å². The van der Waals surface area contributed by atoms with Crippen LogP contribution in [0.15, 0.2) is 71.1 Å². The highest BCUT2D eigenvalue weighted by molar-refractivity contribution is 7.12. The van der Waals surface area contributed by atoms with Crippen LogP contribution in [-0.4, -0.2) is 26.9 Å². The molecule has 0 radical (unpaired) electrons. The zero-order valence-electron chi connectivity index (χ0n) is 16.0. The van der Waals surface area contributed by atoms with E-state index in [-0.39, 0.29) is 16.5 Å². The molecular weight excluding hydrogens is 446 g/mol. The topological polar surface area (TPSA) is 72.2 Å². The zero-order chi connectivity index (χ0) is 22.7. The number of aromatic nitrogens is 3. The predicted octanol–water partition coefficient (Wildman–Crippen LogP) is 4.92. The van der Waals surface area contributed by atoms with Gasteiger partial charge in [0, 0.05) is 10.9 Å². The van der Waals surface area contributed by atoms with Gasteiger partial charge in [0.1, 0.15) is 11.5 Å². The van der Waals surface area contributed by atoms with Crippen molar-refractivity contribution < 1.29 is 22.4 Å². The minimum Gasteiger partial charge on any atom is -0.266 e. The first-order chi connectivity index (χ1) is 15.3. The lowest BCUT2D eigenvalue weighted by molar-refractivity contribution is -0.141. The number of carbonyl (C=O) groups is 1. The fourth-order valence-electron chi connectivity index (χ4n) is 2.72. The van der Waals surface area contributed by atoms with E-state index >= 15 is 0 Å². The van der Waals surface area contributed by atoms with E-state index in [4.69, 9.17) is 0 Å². The van der Waals surface area contributed by atoms with Gasteiger partial charge in [-0.15, -0.1) is 11.3 Å². The van der Waals surface area contributed by atoms with Crippen molar-refractivity contribution in [3.63, 3.8) is 0 Å². The Balaban J connectivity index is 1.58. The number of hydrazone groups is 1. The summed E-state index contributed by atoms with van der Waals surface area (Å²) in [6.07, 6.45) is -3.32. The molecule has 6 nitrogen and oxygen atoms in total. The lowest BCUT2D eigenvalue weighted by atomic mass is 10.1. The van der Waals surface area contributed by atoms with Crippen molar-refractivity contribution in [1.82, 2.24) is 20.2 Å². The number of carbonyl (C=O) groups excluding carboxylic acids is 1. The Bertz CT molecular complexity index is 1260. The number of nitrogens with zero attached hydrogens (tertiary/aromatic N) is 4. The summed E-state index contributed by atoms with van der Waals surface area (Å²) >= 11 is 0.963. The second-order valence-electron chi connectivity index (χ2n) is 6.46. The molecule has 0 aliphatic carbocycles. The molecule has 0 aliphatic rings. The Labute approximate surface area is 182 Å². The van der Waals surface area contributed by atoms with Crippen LogP contribution >= 0.6 is 11.3 Å². The standard InChI is InChI=1S/C21H13F4N5OS/c22-15-8-6-13(7-9-15)11-26-28-19(31)16-12-32-20(27-16)30-17(14-4-2-1-3-5-14)10-18(29-30)21(23,24)25/h1-12H,(H,28,31)/b26-11+. The van der Waals surface area contributed by atoms with Crippen LogP contribution in [0.5, 0.6) is 0 Å². The van der Waals surface area contributed by atoms with Gasteiger partial charge in [-0.05, 0) is 23.8 Å². The molecule has 0 fully saturated rings. The third-order valence-electron chi connectivity index (χ3n) is 4.22. The molecular formula is C21H13F4N5OS. The van der Waals surface area contributed by atoms with Crippen molar-refractivity contribution in [2.24, 2.45) is 5.10 Å². The molecule has 32 heavy (non-hydrogen) atoms. The minimum absolute atomic E-state index is 0.0377. The van der Waals surface area contributed by atoms with Crippen molar-refractivity contribution in [3.05, 3.63) is 88.8 Å². The number of halogens is 4. The first-order valence-corrected chi connectivity index (χ1v) is 9.97. The van der Waals surface area contributed by atoms with Gasteiger partial charge in [-0.1, -0.05) is 42.5 Å². The van der Waals surface area contributed by atoms with Crippen LogP contribution in [0.1, 0.15) is 21.7 Å². The summed E-state index contributed by atoms with van der Waals surface area (Å²) in [4.78, 5) is 16.4. The molecule has 0 saturated carbocycles. The molecule has 0 saturated heterocycles. The quantitative estimate of drug-likeness (QED) is 0.262. The highest BCUT2D eigenvalue weighted by atomic mass is 32.1. The fraction of sp³-hybridized carbons (Fsp3) is 0.0476. The molecule has 0 atom stereocenters. The third-order valence-corrected chi connectivity index (χ3v) is 5.04. The number of alkyl halides is 3. The minimum atomic E-state index is -4.64. The Kier molecular flexibility index (Phi) is 5.82. The van der Waals surface area contributed by atoms with Crippen molar-refractivity contribution in [2.45, 2.75) is 6.18 Å². The van der Waals surface area contributed by atoms with Gasteiger partial charge in [-0.3, -0.25) is 4.79 Å². The molecule has 0 unspecified atom stereocenters. The number of nitrogens with one attached hydrogen (secondary N) is 1. The number of hydrogen-bond acceptors (Lipinski definition) is 5. The molecule has 4 aromatic rings. The maximum Gasteiger partial charge on any atom is 0.435 e. The Morgan fingerprint density at radius 2 is 1.81 bits per heavy atom. The molecule has 162 valence electrons. The Hall–Kier alpha value is -3.86. The van der Waals surface area contributed by atoms with E-state index in [1.807, 2.05) is 0 Å². The highest BCUT2D eigenvalue weighted by Gasteiger charge is 2.35. The number of hydrogen-bond donors (Lipinski definition) is 1. The van der Waals surface area contributed by atoms with Gasteiger partial charge in [0.2, 0.25) is 5.13 Å². The SMILES string of the molecule is O=C(N/N=C/c1ccc(F)cc1)c1csc(-n2nc(C(F)(F)F)cc2-c2ccccc2)n1. The molecule has 0 spiro atoms. The van der Waals surface area contributed by atoms with Crippen molar-refractivity contribution in [1.29, 1.82) is 0 Å². The van der Waals surface area contributed by atoms with Gasteiger partial charge in [0.05, 0.1) is 11.9 Å². The maximum atomic E-state index is 13.3. The second kappa shape index (κ2) is 8.71. The van der Waals surface area contributed by atoms with E-state index < -0.39 is 23.6 Å². The summed E-state index contributed by atoms with van der Waals surface area (Å²) in [5, 5.41) is 8.92. The molecule has 2 aromatic carbocycles. The fourth-order valence-corrected chi connectivity index (χ4v) is 3.48. The maximum absolute atomic E-state index is 13.3. The van der Waals surface area contributed by atoms with Crippen molar-refractivity contribution in [3.8, 4) is 16.4 Å². The normalized spacial score (nSPS) is 11.8. The van der Waals surface area contributed by atoms with Crippen LogP contribution in [-0.2, 0) is 6.18 Å². The summed E-state index contributed by atoms with van der Waals surface area (Å²) in [5.41, 5.74) is 2.44. The molecule has 2 aromatic heterocycles. The summed E-state index contributed by atoms with van der Waals surface area (Å²) in [7, 11) is 0. The van der Waals surface area contributed by atoms with E-state index in [1.165, 1.54) is 35.9 Å².